The Morgan fingerprint density at radius 1 is 1.32 bits per heavy atom. The van der Waals surface area contributed by atoms with E-state index in [1.54, 1.807) is 7.11 Å². The van der Waals surface area contributed by atoms with Crippen LogP contribution in [0.2, 0.25) is 0 Å². The molecular formula is C18H26N2O2. The van der Waals surface area contributed by atoms with Crippen molar-refractivity contribution in [2.24, 2.45) is 5.73 Å². The molecule has 2 N–H and O–H groups in total. The highest BCUT2D eigenvalue weighted by Gasteiger charge is 2.21. The van der Waals surface area contributed by atoms with Crippen molar-refractivity contribution in [3.63, 3.8) is 0 Å². The maximum absolute atomic E-state index is 6.07. The molecule has 0 radical (unpaired) electrons. The van der Waals surface area contributed by atoms with Gasteiger partial charge in [-0.3, -0.25) is 0 Å². The fourth-order valence-electron chi connectivity index (χ4n) is 3.43. The number of hydrogen-bond donors (Lipinski definition) is 1. The van der Waals surface area contributed by atoms with Crippen molar-refractivity contribution in [2.45, 2.75) is 45.2 Å². The van der Waals surface area contributed by atoms with Gasteiger partial charge in [0.15, 0.2) is 0 Å². The molecule has 0 aliphatic carbocycles. The summed E-state index contributed by atoms with van der Waals surface area (Å²) in [4.78, 5) is 0. The molecule has 0 saturated heterocycles. The van der Waals surface area contributed by atoms with E-state index in [0.29, 0.717) is 6.61 Å². The van der Waals surface area contributed by atoms with Gasteiger partial charge in [0.05, 0.1) is 6.61 Å². The van der Waals surface area contributed by atoms with Gasteiger partial charge in [-0.15, -0.1) is 0 Å². The fourth-order valence-corrected chi connectivity index (χ4v) is 3.43. The lowest BCUT2D eigenvalue weighted by atomic mass is 10.0. The summed E-state index contributed by atoms with van der Waals surface area (Å²) in [6, 6.07) is 6.64. The molecule has 4 heteroatoms. The second-order valence-electron chi connectivity index (χ2n) is 6.24. The third-order valence-electron chi connectivity index (χ3n) is 4.34. The van der Waals surface area contributed by atoms with Gasteiger partial charge in [0.25, 0.3) is 0 Å². The van der Waals surface area contributed by atoms with Crippen LogP contribution in [0.4, 0.5) is 0 Å². The van der Waals surface area contributed by atoms with Crippen molar-refractivity contribution >= 4 is 10.9 Å². The molecule has 0 unspecified atom stereocenters. The van der Waals surface area contributed by atoms with Crippen molar-refractivity contribution in [2.75, 3.05) is 20.3 Å². The molecular weight excluding hydrogens is 276 g/mol. The van der Waals surface area contributed by atoms with E-state index in [0.717, 1.165) is 31.7 Å². The van der Waals surface area contributed by atoms with Crippen molar-refractivity contribution in [1.82, 2.24) is 4.57 Å². The van der Waals surface area contributed by atoms with E-state index >= 15 is 0 Å². The van der Waals surface area contributed by atoms with Gasteiger partial charge in [-0.05, 0) is 49.9 Å². The number of benzene rings is 1. The third kappa shape index (κ3) is 2.99. The number of fused-ring (bicyclic) bond motifs is 3. The van der Waals surface area contributed by atoms with Crippen LogP contribution in [0.25, 0.3) is 10.9 Å². The normalized spacial score (nSPS) is 15.2. The number of aromatic nitrogens is 1. The van der Waals surface area contributed by atoms with Gasteiger partial charge in [0.1, 0.15) is 5.75 Å². The molecule has 0 saturated carbocycles. The summed E-state index contributed by atoms with van der Waals surface area (Å²) in [6.07, 6.45) is 4.26. The minimum Gasteiger partial charge on any atom is -0.493 e. The highest BCUT2D eigenvalue weighted by Crippen LogP contribution is 2.34. The smallest absolute Gasteiger partial charge is 0.120 e. The number of ether oxygens (including phenoxy) is 2. The van der Waals surface area contributed by atoms with Gasteiger partial charge in [-0.25, -0.2) is 0 Å². The first-order chi connectivity index (χ1) is 10.7. The highest BCUT2D eigenvalue weighted by atomic mass is 16.5. The molecule has 2 aromatic rings. The summed E-state index contributed by atoms with van der Waals surface area (Å²) in [5.74, 6) is 0.943. The second-order valence-corrected chi connectivity index (χ2v) is 6.24. The van der Waals surface area contributed by atoms with Crippen molar-refractivity contribution in [3.8, 4) is 5.75 Å². The van der Waals surface area contributed by atoms with Crippen LogP contribution in [0.3, 0.4) is 0 Å². The van der Waals surface area contributed by atoms with Crippen LogP contribution in [-0.2, 0) is 24.1 Å². The highest BCUT2D eigenvalue weighted by molar-refractivity contribution is 5.87. The van der Waals surface area contributed by atoms with Crippen LogP contribution >= 0.6 is 0 Å². The molecule has 3 rings (SSSR count). The Hall–Kier alpha value is -1.52. The standard InChI is InChI=1S/C18H26N2O2/c1-13(19)11-15-16-12-14(22-10-4-9-21-2)6-7-18(16)20-8-3-5-17(15)20/h6-7,12-13H,3-5,8-11,19H2,1-2H3/t13-/m0/s1. The van der Waals surface area contributed by atoms with Crippen LogP contribution in [0.5, 0.6) is 5.75 Å². The molecule has 0 amide bonds. The molecule has 1 aromatic carbocycles. The number of methoxy groups -OCH3 is 1. The number of hydrogen-bond acceptors (Lipinski definition) is 3. The Bertz CT molecular complexity index is 646. The Balaban J connectivity index is 1.89. The quantitative estimate of drug-likeness (QED) is 0.800. The van der Waals surface area contributed by atoms with Crippen LogP contribution in [0.1, 0.15) is 31.0 Å². The first-order valence-corrected chi connectivity index (χ1v) is 8.22. The lowest BCUT2D eigenvalue weighted by molar-refractivity contribution is 0.172. The van der Waals surface area contributed by atoms with Crippen LogP contribution in [0, 0.1) is 0 Å². The summed E-state index contributed by atoms with van der Waals surface area (Å²) in [6.45, 7) is 4.63. The van der Waals surface area contributed by atoms with Gasteiger partial charge in [0.2, 0.25) is 0 Å². The van der Waals surface area contributed by atoms with Gasteiger partial charge < -0.3 is 19.8 Å². The zero-order chi connectivity index (χ0) is 15.5. The van der Waals surface area contributed by atoms with Gasteiger partial charge in [0, 0.05) is 49.3 Å². The Morgan fingerprint density at radius 2 is 2.18 bits per heavy atom. The monoisotopic (exact) mass is 302 g/mol. The molecule has 2 heterocycles. The number of rotatable bonds is 7. The number of aryl methyl sites for hydroxylation is 1. The van der Waals surface area contributed by atoms with E-state index in [1.165, 1.54) is 35.0 Å². The first kappa shape index (κ1) is 15.4. The van der Waals surface area contributed by atoms with Crippen molar-refractivity contribution in [3.05, 3.63) is 29.5 Å². The second kappa shape index (κ2) is 6.71. The first-order valence-electron chi connectivity index (χ1n) is 8.22. The molecule has 0 bridgehead atoms. The Morgan fingerprint density at radius 3 is 2.95 bits per heavy atom. The molecule has 1 aromatic heterocycles. The summed E-state index contributed by atoms with van der Waals surface area (Å²) in [5.41, 5.74) is 10.3. The molecule has 1 aliphatic rings. The van der Waals surface area contributed by atoms with Gasteiger partial charge >= 0.3 is 0 Å². The predicted octanol–water partition coefficient (Wildman–Crippen LogP) is 2.89. The summed E-state index contributed by atoms with van der Waals surface area (Å²) in [7, 11) is 1.72. The largest absolute Gasteiger partial charge is 0.493 e. The van der Waals surface area contributed by atoms with E-state index < -0.39 is 0 Å². The van der Waals surface area contributed by atoms with E-state index in [1.807, 2.05) is 0 Å². The van der Waals surface area contributed by atoms with Crippen LogP contribution in [0.15, 0.2) is 18.2 Å². The van der Waals surface area contributed by atoms with Crippen molar-refractivity contribution in [1.29, 1.82) is 0 Å². The molecule has 1 atom stereocenters. The zero-order valence-electron chi connectivity index (χ0n) is 13.6. The topological polar surface area (TPSA) is 49.4 Å². The van der Waals surface area contributed by atoms with Crippen LogP contribution < -0.4 is 10.5 Å². The third-order valence-corrected chi connectivity index (χ3v) is 4.34. The average Bonchev–Trinajstić information content (AvgIpc) is 3.06. The average molecular weight is 302 g/mol. The molecule has 1 aliphatic heterocycles. The molecule has 120 valence electrons. The molecule has 0 spiro atoms. The van der Waals surface area contributed by atoms with E-state index in [-0.39, 0.29) is 6.04 Å². The molecule has 0 fully saturated rings. The van der Waals surface area contributed by atoms with E-state index in [2.05, 4.69) is 29.7 Å². The number of nitrogens with two attached hydrogens (primary N) is 1. The van der Waals surface area contributed by atoms with Gasteiger partial charge in [-0.2, -0.15) is 0 Å². The molecule has 4 nitrogen and oxygen atoms in total. The summed E-state index contributed by atoms with van der Waals surface area (Å²) < 4.78 is 13.4. The minimum absolute atomic E-state index is 0.183. The lowest BCUT2D eigenvalue weighted by Crippen LogP contribution is -2.18. The summed E-state index contributed by atoms with van der Waals surface area (Å²) >= 11 is 0. The Kier molecular flexibility index (Phi) is 4.69. The molecule has 22 heavy (non-hydrogen) atoms. The number of nitrogens with zero attached hydrogens (tertiary/aromatic N) is 1. The predicted molar refractivity (Wildman–Crippen MR) is 89.6 cm³/mol. The fraction of sp³-hybridized carbons (Fsp3) is 0.556. The van der Waals surface area contributed by atoms with Crippen molar-refractivity contribution < 1.29 is 9.47 Å². The summed E-state index contributed by atoms with van der Waals surface area (Å²) in [5, 5.41) is 1.32. The Labute approximate surface area is 132 Å². The van der Waals surface area contributed by atoms with E-state index in [4.69, 9.17) is 15.2 Å². The maximum Gasteiger partial charge on any atom is 0.120 e. The van der Waals surface area contributed by atoms with E-state index in [9.17, 15) is 0 Å². The maximum atomic E-state index is 6.07. The zero-order valence-corrected chi connectivity index (χ0v) is 13.6. The minimum atomic E-state index is 0.183. The lowest BCUT2D eigenvalue weighted by Gasteiger charge is -2.08. The van der Waals surface area contributed by atoms with Crippen LogP contribution in [-0.4, -0.2) is 30.9 Å². The van der Waals surface area contributed by atoms with Gasteiger partial charge in [-0.1, -0.05) is 0 Å². The SMILES string of the molecule is COCCCOc1ccc2c(c1)c(C[C@H](C)N)c1n2CCC1.